The number of hydrogen-bond acceptors (Lipinski definition) is 4. The monoisotopic (exact) mass is 284 g/mol. The molecule has 21 heavy (non-hydrogen) atoms. The topological polar surface area (TPSA) is 51.2 Å². The zero-order valence-corrected chi connectivity index (χ0v) is 12.7. The molecular formula is C15H20N6. The second-order valence-electron chi connectivity index (χ2n) is 5.45. The lowest BCUT2D eigenvalue weighted by Crippen LogP contribution is -2.23. The van der Waals surface area contributed by atoms with E-state index in [1.807, 2.05) is 29.9 Å². The smallest absolute Gasteiger partial charge is 0.159 e. The molecule has 0 saturated heterocycles. The first-order valence-electron chi connectivity index (χ1n) is 7.10. The highest BCUT2D eigenvalue weighted by atomic mass is 15.3. The Kier molecular flexibility index (Phi) is 3.70. The van der Waals surface area contributed by atoms with Gasteiger partial charge in [0.1, 0.15) is 0 Å². The molecule has 3 heterocycles. The van der Waals surface area contributed by atoms with E-state index in [2.05, 4.69) is 44.8 Å². The summed E-state index contributed by atoms with van der Waals surface area (Å²) in [5, 5.41) is 8.81. The Balaban J connectivity index is 1.64. The predicted molar refractivity (Wildman–Crippen MR) is 81.0 cm³/mol. The summed E-state index contributed by atoms with van der Waals surface area (Å²) in [6.45, 7) is 6.78. The van der Waals surface area contributed by atoms with Crippen LogP contribution in [0.3, 0.4) is 0 Å². The summed E-state index contributed by atoms with van der Waals surface area (Å²) in [5.74, 6) is 0. The molecule has 3 rings (SSSR count). The maximum absolute atomic E-state index is 4.49. The molecule has 0 aliphatic carbocycles. The van der Waals surface area contributed by atoms with Crippen LogP contribution in [0.25, 0.3) is 5.65 Å². The fourth-order valence-corrected chi connectivity index (χ4v) is 2.52. The molecule has 6 nitrogen and oxygen atoms in total. The minimum absolute atomic E-state index is 0.833. The molecule has 0 fully saturated rings. The molecule has 0 bridgehead atoms. The maximum atomic E-state index is 4.49. The van der Waals surface area contributed by atoms with Gasteiger partial charge in [-0.2, -0.15) is 10.2 Å². The van der Waals surface area contributed by atoms with Crippen LogP contribution in [-0.2, 0) is 13.1 Å². The molecule has 0 N–H and O–H groups in total. The van der Waals surface area contributed by atoms with Crippen molar-refractivity contribution in [3.05, 3.63) is 47.7 Å². The first-order chi connectivity index (χ1) is 10.1. The lowest BCUT2D eigenvalue weighted by Gasteiger charge is -2.16. The number of likely N-dealkylation sites (N-methyl/N-ethyl adjacent to an activating group) is 1. The highest BCUT2D eigenvalue weighted by Crippen LogP contribution is 2.09. The standard InChI is InChI=1S/C15H20N6/c1-12-9-13(2)20(18-12)8-7-19(3)11-14-10-17-21-6-4-5-16-15(14)21/h4-6,9-10H,7-8,11H2,1-3H3. The van der Waals surface area contributed by atoms with Gasteiger partial charge in [0.25, 0.3) is 0 Å². The van der Waals surface area contributed by atoms with Crippen LogP contribution in [0.1, 0.15) is 17.0 Å². The van der Waals surface area contributed by atoms with Gasteiger partial charge in [-0.05, 0) is 33.0 Å². The Hall–Kier alpha value is -2.21. The lowest BCUT2D eigenvalue weighted by atomic mass is 10.3. The normalized spacial score (nSPS) is 11.6. The Bertz CT molecular complexity index is 742. The second kappa shape index (κ2) is 5.65. The summed E-state index contributed by atoms with van der Waals surface area (Å²) in [5.41, 5.74) is 4.35. The van der Waals surface area contributed by atoms with Crippen molar-refractivity contribution in [1.29, 1.82) is 0 Å². The average molecular weight is 284 g/mol. The molecule has 110 valence electrons. The Morgan fingerprint density at radius 3 is 2.90 bits per heavy atom. The number of hydrogen-bond donors (Lipinski definition) is 0. The van der Waals surface area contributed by atoms with E-state index >= 15 is 0 Å². The van der Waals surface area contributed by atoms with Crippen LogP contribution in [0, 0.1) is 13.8 Å². The Labute approximate surface area is 124 Å². The average Bonchev–Trinajstić information content (AvgIpc) is 3.00. The van der Waals surface area contributed by atoms with E-state index in [1.54, 1.807) is 6.20 Å². The number of aromatic nitrogens is 5. The molecule has 0 unspecified atom stereocenters. The summed E-state index contributed by atoms with van der Waals surface area (Å²) in [4.78, 5) is 6.65. The van der Waals surface area contributed by atoms with Crippen molar-refractivity contribution in [3.8, 4) is 0 Å². The fraction of sp³-hybridized carbons (Fsp3) is 0.400. The molecule has 3 aromatic rings. The van der Waals surface area contributed by atoms with Gasteiger partial charge < -0.3 is 4.90 Å². The van der Waals surface area contributed by atoms with E-state index in [1.165, 1.54) is 5.69 Å². The minimum Gasteiger partial charge on any atom is -0.300 e. The van der Waals surface area contributed by atoms with E-state index in [9.17, 15) is 0 Å². The van der Waals surface area contributed by atoms with Gasteiger partial charge in [-0.3, -0.25) is 4.68 Å². The quantitative estimate of drug-likeness (QED) is 0.715. The highest BCUT2D eigenvalue weighted by Gasteiger charge is 2.08. The first-order valence-corrected chi connectivity index (χ1v) is 7.10. The van der Waals surface area contributed by atoms with E-state index in [4.69, 9.17) is 0 Å². The third kappa shape index (κ3) is 2.95. The first kappa shape index (κ1) is 13.8. The van der Waals surface area contributed by atoms with E-state index < -0.39 is 0 Å². The van der Waals surface area contributed by atoms with Crippen LogP contribution in [0.5, 0.6) is 0 Å². The highest BCUT2D eigenvalue weighted by molar-refractivity contribution is 5.45. The van der Waals surface area contributed by atoms with E-state index in [0.29, 0.717) is 0 Å². The molecule has 0 aromatic carbocycles. The van der Waals surface area contributed by atoms with Gasteiger partial charge in [0.15, 0.2) is 5.65 Å². The minimum atomic E-state index is 0.833. The zero-order chi connectivity index (χ0) is 14.8. The molecular weight excluding hydrogens is 264 g/mol. The molecule has 0 atom stereocenters. The second-order valence-corrected chi connectivity index (χ2v) is 5.45. The van der Waals surface area contributed by atoms with Gasteiger partial charge in [-0.15, -0.1) is 0 Å². The van der Waals surface area contributed by atoms with E-state index in [-0.39, 0.29) is 0 Å². The van der Waals surface area contributed by atoms with Gasteiger partial charge >= 0.3 is 0 Å². The summed E-state index contributed by atoms with van der Waals surface area (Å²) in [6.07, 6.45) is 5.61. The largest absolute Gasteiger partial charge is 0.300 e. The molecule has 0 aliphatic heterocycles. The number of rotatable bonds is 5. The van der Waals surface area contributed by atoms with Gasteiger partial charge in [-0.25, -0.2) is 9.50 Å². The maximum Gasteiger partial charge on any atom is 0.159 e. The van der Waals surface area contributed by atoms with Crippen molar-refractivity contribution in [3.63, 3.8) is 0 Å². The molecule has 3 aromatic heterocycles. The molecule has 0 saturated carbocycles. The van der Waals surface area contributed by atoms with Gasteiger partial charge in [0.05, 0.1) is 18.4 Å². The van der Waals surface area contributed by atoms with Crippen LogP contribution >= 0.6 is 0 Å². The van der Waals surface area contributed by atoms with Crippen LogP contribution in [0.4, 0.5) is 0 Å². The summed E-state index contributed by atoms with van der Waals surface area (Å²) in [6, 6.07) is 3.99. The predicted octanol–water partition coefficient (Wildman–Crippen LogP) is 1.67. The van der Waals surface area contributed by atoms with Crippen LogP contribution in [0.15, 0.2) is 30.7 Å². The van der Waals surface area contributed by atoms with Crippen LogP contribution in [-0.4, -0.2) is 42.9 Å². The van der Waals surface area contributed by atoms with Gasteiger partial charge in [-0.1, -0.05) is 0 Å². The van der Waals surface area contributed by atoms with Crippen LogP contribution < -0.4 is 0 Å². The Morgan fingerprint density at radius 2 is 2.14 bits per heavy atom. The van der Waals surface area contributed by atoms with Crippen molar-refractivity contribution in [1.82, 2.24) is 29.3 Å². The molecule has 0 amide bonds. The van der Waals surface area contributed by atoms with Crippen molar-refractivity contribution in [2.24, 2.45) is 0 Å². The van der Waals surface area contributed by atoms with Crippen molar-refractivity contribution >= 4 is 5.65 Å². The zero-order valence-electron chi connectivity index (χ0n) is 12.7. The fourth-order valence-electron chi connectivity index (χ4n) is 2.52. The molecule has 0 spiro atoms. The van der Waals surface area contributed by atoms with Crippen molar-refractivity contribution < 1.29 is 0 Å². The summed E-state index contributed by atoms with van der Waals surface area (Å²) in [7, 11) is 2.11. The molecule has 0 aliphatic rings. The van der Waals surface area contributed by atoms with Crippen LogP contribution in [0.2, 0.25) is 0 Å². The van der Waals surface area contributed by atoms with E-state index in [0.717, 1.165) is 36.5 Å². The third-order valence-electron chi connectivity index (χ3n) is 3.59. The summed E-state index contributed by atoms with van der Waals surface area (Å²) >= 11 is 0. The number of aryl methyl sites for hydroxylation is 2. The SMILES string of the molecule is Cc1cc(C)n(CCN(C)Cc2cnn3cccnc23)n1. The number of nitrogens with zero attached hydrogens (tertiary/aromatic N) is 6. The summed E-state index contributed by atoms with van der Waals surface area (Å²) < 4.78 is 3.87. The lowest BCUT2D eigenvalue weighted by molar-refractivity contribution is 0.304. The Morgan fingerprint density at radius 1 is 1.29 bits per heavy atom. The van der Waals surface area contributed by atoms with Crippen molar-refractivity contribution in [2.45, 2.75) is 26.9 Å². The molecule has 0 radical (unpaired) electrons. The molecule has 6 heteroatoms. The third-order valence-corrected chi connectivity index (χ3v) is 3.59. The van der Waals surface area contributed by atoms with Crippen molar-refractivity contribution in [2.75, 3.05) is 13.6 Å². The van der Waals surface area contributed by atoms with Gasteiger partial charge in [0, 0.05) is 36.7 Å². The van der Waals surface area contributed by atoms with Gasteiger partial charge in [0.2, 0.25) is 0 Å². The number of fused-ring (bicyclic) bond motifs is 1.